The van der Waals surface area contributed by atoms with Gasteiger partial charge in [0.05, 0.1) is 0 Å². The lowest BCUT2D eigenvalue weighted by Gasteiger charge is -2.40. The van der Waals surface area contributed by atoms with Crippen LogP contribution in [0.5, 0.6) is 0 Å². The van der Waals surface area contributed by atoms with Crippen molar-refractivity contribution in [3.05, 3.63) is 33.8 Å². The lowest BCUT2D eigenvalue weighted by Crippen LogP contribution is -2.63. The maximum Gasteiger partial charge on any atom is 0.245 e. The van der Waals surface area contributed by atoms with Crippen molar-refractivity contribution in [2.45, 2.75) is 39.4 Å². The molecule has 2 unspecified atom stereocenters. The molecule has 114 valence electrons. The summed E-state index contributed by atoms with van der Waals surface area (Å²) in [5.74, 6) is -0.223. The number of halogens is 2. The van der Waals surface area contributed by atoms with Crippen molar-refractivity contribution in [1.29, 1.82) is 0 Å². The van der Waals surface area contributed by atoms with Crippen molar-refractivity contribution in [2.24, 2.45) is 5.92 Å². The van der Waals surface area contributed by atoms with E-state index in [9.17, 15) is 9.59 Å². The molecule has 0 aromatic heterocycles. The van der Waals surface area contributed by atoms with Crippen LogP contribution in [0.25, 0.3) is 0 Å². The van der Waals surface area contributed by atoms with E-state index < -0.39 is 12.1 Å². The Morgan fingerprint density at radius 2 is 1.95 bits per heavy atom. The van der Waals surface area contributed by atoms with Gasteiger partial charge in [0.15, 0.2) is 0 Å². The van der Waals surface area contributed by atoms with E-state index >= 15 is 0 Å². The van der Waals surface area contributed by atoms with E-state index in [1.807, 2.05) is 13.8 Å². The molecular formula is C15H18Cl2N2O2. The fraction of sp³-hybridized carbons (Fsp3) is 0.467. The van der Waals surface area contributed by atoms with Gasteiger partial charge in [-0.2, -0.15) is 0 Å². The SMILES string of the molecule is CC1NC(=O)C(C(C)C)N(Cc2cc(Cl)ccc2Cl)C1=O. The standard InChI is InChI=1S/C15H18Cl2N2O2/c1-8(2)13-14(20)18-9(3)15(21)19(13)7-10-6-11(16)4-5-12(10)17/h4-6,8-9,13H,7H2,1-3H3,(H,18,20). The van der Waals surface area contributed by atoms with Crippen LogP contribution in [0.15, 0.2) is 18.2 Å². The predicted molar refractivity (Wildman–Crippen MR) is 83.2 cm³/mol. The highest BCUT2D eigenvalue weighted by Gasteiger charge is 2.40. The molecule has 0 radical (unpaired) electrons. The summed E-state index contributed by atoms with van der Waals surface area (Å²) in [6.07, 6.45) is 0. The van der Waals surface area contributed by atoms with Crippen molar-refractivity contribution in [1.82, 2.24) is 10.2 Å². The first-order chi connectivity index (χ1) is 9.81. The molecule has 1 fully saturated rings. The predicted octanol–water partition coefficient (Wildman–Crippen LogP) is 2.86. The number of hydrogen-bond donors (Lipinski definition) is 1. The summed E-state index contributed by atoms with van der Waals surface area (Å²) in [7, 11) is 0. The molecule has 2 amide bonds. The molecule has 0 aliphatic carbocycles. The largest absolute Gasteiger partial charge is 0.343 e. The highest BCUT2D eigenvalue weighted by molar-refractivity contribution is 6.33. The van der Waals surface area contributed by atoms with Crippen LogP contribution in [0.4, 0.5) is 0 Å². The molecule has 1 aromatic rings. The number of rotatable bonds is 3. The topological polar surface area (TPSA) is 49.4 Å². The van der Waals surface area contributed by atoms with Gasteiger partial charge in [0.1, 0.15) is 12.1 Å². The third kappa shape index (κ3) is 3.33. The number of nitrogens with one attached hydrogen (secondary N) is 1. The Bertz CT molecular complexity index is 575. The molecule has 1 aromatic carbocycles. The number of piperazine rings is 1. The van der Waals surface area contributed by atoms with Crippen LogP contribution in [0.2, 0.25) is 10.0 Å². The van der Waals surface area contributed by atoms with Gasteiger partial charge in [-0.3, -0.25) is 9.59 Å². The Labute approximate surface area is 134 Å². The Morgan fingerprint density at radius 1 is 1.29 bits per heavy atom. The smallest absolute Gasteiger partial charge is 0.245 e. The molecule has 4 nitrogen and oxygen atoms in total. The van der Waals surface area contributed by atoms with Crippen LogP contribution in [-0.4, -0.2) is 28.8 Å². The minimum atomic E-state index is -0.523. The van der Waals surface area contributed by atoms with Crippen molar-refractivity contribution >= 4 is 35.0 Å². The summed E-state index contributed by atoms with van der Waals surface area (Å²) >= 11 is 12.2. The van der Waals surface area contributed by atoms with Crippen LogP contribution >= 0.6 is 23.2 Å². The second kappa shape index (κ2) is 6.24. The van der Waals surface area contributed by atoms with Gasteiger partial charge in [0.25, 0.3) is 0 Å². The van der Waals surface area contributed by atoms with E-state index in [1.54, 1.807) is 30.0 Å². The van der Waals surface area contributed by atoms with E-state index in [0.717, 1.165) is 5.56 Å². The number of hydrogen-bond acceptors (Lipinski definition) is 2. The fourth-order valence-corrected chi connectivity index (χ4v) is 2.95. The van der Waals surface area contributed by atoms with Crippen LogP contribution in [0.1, 0.15) is 26.3 Å². The summed E-state index contributed by atoms with van der Waals surface area (Å²) < 4.78 is 0. The van der Waals surface area contributed by atoms with Gasteiger partial charge < -0.3 is 10.2 Å². The molecule has 0 saturated carbocycles. The number of nitrogens with zero attached hydrogens (tertiary/aromatic N) is 1. The molecule has 1 saturated heterocycles. The average Bonchev–Trinajstić information content (AvgIpc) is 2.39. The summed E-state index contributed by atoms with van der Waals surface area (Å²) in [5, 5.41) is 3.80. The van der Waals surface area contributed by atoms with Gasteiger partial charge in [0.2, 0.25) is 11.8 Å². The first kappa shape index (κ1) is 16.1. The highest BCUT2D eigenvalue weighted by Crippen LogP contribution is 2.26. The summed E-state index contributed by atoms with van der Waals surface area (Å²) in [6.45, 7) is 5.79. The first-order valence-corrected chi connectivity index (χ1v) is 7.61. The van der Waals surface area contributed by atoms with E-state index in [4.69, 9.17) is 23.2 Å². The van der Waals surface area contributed by atoms with Crippen LogP contribution < -0.4 is 5.32 Å². The van der Waals surface area contributed by atoms with Crippen LogP contribution in [-0.2, 0) is 16.1 Å². The molecule has 1 aliphatic rings. The quantitative estimate of drug-likeness (QED) is 0.927. The number of amides is 2. The molecule has 0 bridgehead atoms. The van der Waals surface area contributed by atoms with Crippen LogP contribution in [0.3, 0.4) is 0 Å². The second-order valence-corrected chi connectivity index (χ2v) is 6.46. The zero-order valence-corrected chi connectivity index (χ0v) is 13.7. The van der Waals surface area contributed by atoms with Crippen molar-refractivity contribution in [3.63, 3.8) is 0 Å². The Balaban J connectivity index is 2.35. The molecule has 2 rings (SSSR count). The first-order valence-electron chi connectivity index (χ1n) is 6.86. The van der Waals surface area contributed by atoms with Crippen LogP contribution in [0, 0.1) is 5.92 Å². The van der Waals surface area contributed by atoms with Gasteiger partial charge in [-0.1, -0.05) is 37.0 Å². The lowest BCUT2D eigenvalue weighted by atomic mass is 9.96. The zero-order chi connectivity index (χ0) is 15.7. The molecule has 2 atom stereocenters. The minimum absolute atomic E-state index is 0.0133. The number of benzene rings is 1. The maximum absolute atomic E-state index is 12.4. The maximum atomic E-state index is 12.4. The highest BCUT2D eigenvalue weighted by atomic mass is 35.5. The molecular weight excluding hydrogens is 311 g/mol. The molecule has 6 heteroatoms. The normalized spacial score (nSPS) is 22.7. The van der Waals surface area contributed by atoms with Gasteiger partial charge in [-0.25, -0.2) is 0 Å². The van der Waals surface area contributed by atoms with Crippen molar-refractivity contribution in [3.8, 4) is 0 Å². The zero-order valence-electron chi connectivity index (χ0n) is 12.2. The molecule has 21 heavy (non-hydrogen) atoms. The number of carbonyl (C=O) groups excluding carboxylic acids is 2. The van der Waals surface area contributed by atoms with E-state index in [-0.39, 0.29) is 24.3 Å². The minimum Gasteiger partial charge on any atom is -0.343 e. The third-order valence-corrected chi connectivity index (χ3v) is 4.20. The third-order valence-electron chi connectivity index (χ3n) is 3.60. The van der Waals surface area contributed by atoms with Crippen molar-refractivity contribution in [2.75, 3.05) is 0 Å². The summed E-state index contributed by atoms with van der Waals surface area (Å²) in [4.78, 5) is 26.2. The Kier molecular flexibility index (Phi) is 4.79. The lowest BCUT2D eigenvalue weighted by molar-refractivity contribution is -0.151. The fourth-order valence-electron chi connectivity index (χ4n) is 2.57. The molecule has 1 N–H and O–H groups in total. The van der Waals surface area contributed by atoms with E-state index in [0.29, 0.717) is 10.0 Å². The monoisotopic (exact) mass is 328 g/mol. The molecule has 1 aliphatic heterocycles. The second-order valence-electron chi connectivity index (χ2n) is 5.62. The van der Waals surface area contributed by atoms with Gasteiger partial charge in [0, 0.05) is 16.6 Å². The molecule has 0 spiro atoms. The summed E-state index contributed by atoms with van der Waals surface area (Å²) in [5.41, 5.74) is 0.741. The van der Waals surface area contributed by atoms with Crippen molar-refractivity contribution < 1.29 is 9.59 Å². The van der Waals surface area contributed by atoms with Gasteiger partial charge in [-0.15, -0.1) is 0 Å². The summed E-state index contributed by atoms with van der Waals surface area (Å²) in [6, 6.07) is 4.10. The number of carbonyl (C=O) groups is 2. The van der Waals surface area contributed by atoms with E-state index in [1.165, 1.54) is 0 Å². The van der Waals surface area contributed by atoms with E-state index in [2.05, 4.69) is 5.32 Å². The van der Waals surface area contributed by atoms with Gasteiger partial charge in [-0.05, 0) is 36.6 Å². The Morgan fingerprint density at radius 3 is 2.57 bits per heavy atom. The Hall–Kier alpha value is -1.26. The molecule has 1 heterocycles. The van der Waals surface area contributed by atoms with Gasteiger partial charge >= 0.3 is 0 Å². The average molecular weight is 329 g/mol.